The second kappa shape index (κ2) is 6.92. The first-order chi connectivity index (χ1) is 7.77. The summed E-state index contributed by atoms with van der Waals surface area (Å²) in [6.07, 6.45) is 7.10. The van der Waals surface area contributed by atoms with E-state index >= 15 is 0 Å². The SMILES string of the molecule is C#CCCCOc1ccc([C@@H](O)CC)cc1. The molecule has 0 saturated carbocycles. The van der Waals surface area contributed by atoms with E-state index in [-0.39, 0.29) is 6.10 Å². The first-order valence-corrected chi connectivity index (χ1v) is 5.62. The predicted octanol–water partition coefficient (Wildman–Crippen LogP) is 2.92. The molecule has 0 fully saturated rings. The zero-order chi connectivity index (χ0) is 11.8. The van der Waals surface area contributed by atoms with E-state index < -0.39 is 0 Å². The molecular formula is C14H18O2. The molecule has 0 heterocycles. The van der Waals surface area contributed by atoms with E-state index in [1.54, 1.807) is 0 Å². The van der Waals surface area contributed by atoms with Gasteiger partial charge in [0.15, 0.2) is 0 Å². The fourth-order valence-electron chi connectivity index (χ4n) is 1.39. The molecule has 16 heavy (non-hydrogen) atoms. The van der Waals surface area contributed by atoms with Crippen molar-refractivity contribution in [1.82, 2.24) is 0 Å². The highest BCUT2D eigenvalue weighted by atomic mass is 16.5. The number of unbranched alkanes of at least 4 members (excludes halogenated alkanes) is 1. The lowest BCUT2D eigenvalue weighted by atomic mass is 10.1. The molecule has 2 nitrogen and oxygen atoms in total. The second-order valence-corrected chi connectivity index (χ2v) is 3.65. The Labute approximate surface area is 97.3 Å². The van der Waals surface area contributed by atoms with Crippen molar-refractivity contribution in [2.24, 2.45) is 0 Å². The van der Waals surface area contributed by atoms with Gasteiger partial charge in [-0.15, -0.1) is 12.3 Å². The van der Waals surface area contributed by atoms with Gasteiger partial charge in [-0.25, -0.2) is 0 Å². The molecule has 0 aliphatic rings. The first kappa shape index (κ1) is 12.6. The van der Waals surface area contributed by atoms with Gasteiger partial charge < -0.3 is 9.84 Å². The molecule has 1 aromatic carbocycles. The molecule has 2 heteroatoms. The van der Waals surface area contributed by atoms with Crippen LogP contribution in [0.5, 0.6) is 5.75 Å². The van der Waals surface area contributed by atoms with E-state index in [2.05, 4.69) is 5.92 Å². The lowest BCUT2D eigenvalue weighted by molar-refractivity contribution is 0.173. The van der Waals surface area contributed by atoms with Gasteiger partial charge in [-0.3, -0.25) is 0 Å². The van der Waals surface area contributed by atoms with Gasteiger partial charge in [-0.1, -0.05) is 19.1 Å². The minimum absolute atomic E-state index is 0.379. The van der Waals surface area contributed by atoms with Crippen molar-refractivity contribution in [2.75, 3.05) is 6.61 Å². The molecule has 1 aromatic rings. The Morgan fingerprint density at radius 3 is 2.62 bits per heavy atom. The van der Waals surface area contributed by atoms with E-state index in [4.69, 9.17) is 11.2 Å². The van der Waals surface area contributed by atoms with Crippen molar-refractivity contribution in [2.45, 2.75) is 32.3 Å². The Kier molecular flexibility index (Phi) is 5.45. The number of terminal acetylenes is 1. The molecule has 0 amide bonds. The van der Waals surface area contributed by atoms with Crippen LogP contribution in [0.4, 0.5) is 0 Å². The van der Waals surface area contributed by atoms with Crippen LogP contribution in [0.2, 0.25) is 0 Å². The minimum atomic E-state index is -0.379. The van der Waals surface area contributed by atoms with Gasteiger partial charge in [0, 0.05) is 6.42 Å². The molecule has 86 valence electrons. The summed E-state index contributed by atoms with van der Waals surface area (Å²) in [6, 6.07) is 7.55. The van der Waals surface area contributed by atoms with E-state index in [1.165, 1.54) is 0 Å². The van der Waals surface area contributed by atoms with E-state index in [0.29, 0.717) is 6.61 Å². The second-order valence-electron chi connectivity index (χ2n) is 3.65. The molecule has 1 rings (SSSR count). The summed E-state index contributed by atoms with van der Waals surface area (Å²) in [4.78, 5) is 0. The van der Waals surface area contributed by atoms with Crippen LogP contribution in [0, 0.1) is 12.3 Å². The Morgan fingerprint density at radius 2 is 2.06 bits per heavy atom. The van der Waals surface area contributed by atoms with Crippen LogP contribution in [-0.2, 0) is 0 Å². The number of ether oxygens (including phenoxy) is 1. The van der Waals surface area contributed by atoms with E-state index in [1.807, 2.05) is 31.2 Å². The van der Waals surface area contributed by atoms with Crippen LogP contribution in [0.1, 0.15) is 37.9 Å². The molecule has 0 saturated heterocycles. The molecule has 1 atom stereocenters. The fraction of sp³-hybridized carbons (Fsp3) is 0.429. The average Bonchev–Trinajstić information content (AvgIpc) is 2.34. The van der Waals surface area contributed by atoms with E-state index in [9.17, 15) is 5.11 Å². The van der Waals surface area contributed by atoms with Gasteiger partial charge in [0.05, 0.1) is 12.7 Å². The zero-order valence-corrected chi connectivity index (χ0v) is 9.65. The highest BCUT2D eigenvalue weighted by Gasteiger charge is 2.03. The van der Waals surface area contributed by atoms with Gasteiger partial charge in [0.2, 0.25) is 0 Å². The molecule has 0 aliphatic carbocycles. The topological polar surface area (TPSA) is 29.5 Å². The van der Waals surface area contributed by atoms with Crippen LogP contribution in [0.15, 0.2) is 24.3 Å². The predicted molar refractivity (Wildman–Crippen MR) is 65.3 cm³/mol. The van der Waals surface area contributed by atoms with Crippen LogP contribution in [-0.4, -0.2) is 11.7 Å². The molecule has 0 aromatic heterocycles. The molecule has 0 bridgehead atoms. The minimum Gasteiger partial charge on any atom is -0.494 e. The standard InChI is InChI=1S/C14H18O2/c1-3-5-6-11-16-13-9-7-12(8-10-13)14(15)4-2/h1,7-10,14-15H,4-6,11H2,2H3/t14-/m0/s1. The van der Waals surface area contributed by atoms with Crippen molar-refractivity contribution in [3.8, 4) is 18.1 Å². The summed E-state index contributed by atoms with van der Waals surface area (Å²) >= 11 is 0. The molecule has 0 spiro atoms. The quantitative estimate of drug-likeness (QED) is 0.587. The number of rotatable bonds is 6. The Morgan fingerprint density at radius 1 is 1.38 bits per heavy atom. The third-order valence-electron chi connectivity index (χ3n) is 2.39. The highest BCUT2D eigenvalue weighted by molar-refractivity contribution is 5.28. The van der Waals surface area contributed by atoms with Crippen molar-refractivity contribution in [3.63, 3.8) is 0 Å². The maximum atomic E-state index is 9.60. The summed E-state index contributed by atoms with van der Waals surface area (Å²) in [5, 5.41) is 9.60. The third-order valence-corrected chi connectivity index (χ3v) is 2.39. The third kappa shape index (κ3) is 3.96. The van der Waals surface area contributed by atoms with Crippen molar-refractivity contribution < 1.29 is 9.84 Å². The monoisotopic (exact) mass is 218 g/mol. The summed E-state index contributed by atoms with van der Waals surface area (Å²) in [6.45, 7) is 2.59. The van der Waals surface area contributed by atoms with Gasteiger partial charge >= 0.3 is 0 Å². The van der Waals surface area contributed by atoms with Crippen molar-refractivity contribution in [1.29, 1.82) is 0 Å². The maximum absolute atomic E-state index is 9.60. The van der Waals surface area contributed by atoms with Crippen LogP contribution >= 0.6 is 0 Å². The lowest BCUT2D eigenvalue weighted by Crippen LogP contribution is -1.98. The Bertz CT molecular complexity index is 335. The number of benzene rings is 1. The van der Waals surface area contributed by atoms with Gasteiger partial charge in [-0.05, 0) is 30.5 Å². The van der Waals surface area contributed by atoms with Crippen molar-refractivity contribution in [3.05, 3.63) is 29.8 Å². The summed E-state index contributed by atoms with van der Waals surface area (Å²) in [5.41, 5.74) is 0.929. The summed E-state index contributed by atoms with van der Waals surface area (Å²) < 4.78 is 5.50. The van der Waals surface area contributed by atoms with Crippen LogP contribution < -0.4 is 4.74 Å². The van der Waals surface area contributed by atoms with Gasteiger partial charge in [-0.2, -0.15) is 0 Å². The smallest absolute Gasteiger partial charge is 0.119 e. The molecule has 1 N–H and O–H groups in total. The normalized spacial score (nSPS) is 11.8. The lowest BCUT2D eigenvalue weighted by Gasteiger charge is -2.09. The molecule has 0 aliphatic heterocycles. The van der Waals surface area contributed by atoms with Crippen LogP contribution in [0.3, 0.4) is 0 Å². The average molecular weight is 218 g/mol. The molecule has 0 unspecified atom stereocenters. The molecular weight excluding hydrogens is 200 g/mol. The van der Waals surface area contributed by atoms with Gasteiger partial charge in [0.1, 0.15) is 5.75 Å². The van der Waals surface area contributed by atoms with Gasteiger partial charge in [0.25, 0.3) is 0 Å². The first-order valence-electron chi connectivity index (χ1n) is 5.62. The number of aliphatic hydroxyl groups excluding tert-OH is 1. The number of hydrogen-bond donors (Lipinski definition) is 1. The zero-order valence-electron chi connectivity index (χ0n) is 9.65. The largest absolute Gasteiger partial charge is 0.494 e. The summed E-state index contributed by atoms with van der Waals surface area (Å²) in [7, 11) is 0. The highest BCUT2D eigenvalue weighted by Crippen LogP contribution is 2.19. The maximum Gasteiger partial charge on any atom is 0.119 e. The summed E-state index contributed by atoms with van der Waals surface area (Å²) in [5.74, 6) is 3.40. The van der Waals surface area contributed by atoms with E-state index in [0.717, 1.165) is 30.6 Å². The van der Waals surface area contributed by atoms with Crippen molar-refractivity contribution >= 4 is 0 Å². The number of aliphatic hydroxyl groups is 1. The van der Waals surface area contributed by atoms with Crippen LogP contribution in [0.25, 0.3) is 0 Å². The Hall–Kier alpha value is -1.46. The molecule has 0 radical (unpaired) electrons. The fourth-order valence-corrected chi connectivity index (χ4v) is 1.39. The number of hydrogen-bond acceptors (Lipinski definition) is 2. The Balaban J connectivity index is 2.43.